The lowest BCUT2D eigenvalue weighted by atomic mass is 10.2. The molecule has 1 fully saturated rings. The predicted molar refractivity (Wildman–Crippen MR) is 93.0 cm³/mol. The number of ether oxygens (including phenoxy) is 1. The Morgan fingerprint density at radius 2 is 1.88 bits per heavy atom. The molecule has 1 aromatic heterocycles. The Balaban J connectivity index is 1.57. The highest BCUT2D eigenvalue weighted by Gasteiger charge is 2.20. The van der Waals surface area contributed by atoms with Crippen LogP contribution in [0, 0.1) is 10.1 Å². The maximum atomic E-state index is 10.7. The fraction of sp³-hybridized carbons (Fsp3) is 0.467. The number of benzene rings is 1. The maximum Gasteiger partial charge on any atom is 0.269 e. The van der Waals surface area contributed by atoms with Gasteiger partial charge in [-0.25, -0.2) is 4.98 Å². The molecule has 3 rings (SSSR count). The van der Waals surface area contributed by atoms with Crippen LogP contribution in [0.3, 0.4) is 0 Å². The van der Waals surface area contributed by atoms with Gasteiger partial charge in [-0.2, -0.15) is 4.37 Å². The minimum atomic E-state index is -0.377. The quantitative estimate of drug-likeness (QED) is 0.582. The van der Waals surface area contributed by atoms with Gasteiger partial charge in [0, 0.05) is 69.1 Å². The minimum Gasteiger partial charge on any atom is -0.384 e. The normalized spacial score (nSPS) is 14.9. The van der Waals surface area contributed by atoms with E-state index in [1.165, 1.54) is 11.5 Å². The molecule has 0 unspecified atom stereocenters. The molecule has 0 N–H and O–H groups in total. The second-order valence-corrected chi connectivity index (χ2v) is 6.21. The molecule has 0 spiro atoms. The summed E-state index contributed by atoms with van der Waals surface area (Å²) in [5.41, 5.74) is 1.13. The summed E-state index contributed by atoms with van der Waals surface area (Å²) in [5, 5.41) is 11.7. The molecule has 1 aliphatic rings. The van der Waals surface area contributed by atoms with Crippen LogP contribution in [0.5, 0.6) is 0 Å². The number of nitro benzene ring substituents is 1. The Morgan fingerprint density at radius 1 is 1.21 bits per heavy atom. The molecule has 0 saturated carbocycles. The van der Waals surface area contributed by atoms with E-state index in [0.29, 0.717) is 6.61 Å². The number of non-ortho nitro benzene ring substituents is 1. The summed E-state index contributed by atoms with van der Waals surface area (Å²) in [5.74, 6) is 0.828. The van der Waals surface area contributed by atoms with Crippen LogP contribution in [0.1, 0.15) is 5.82 Å². The number of nitrogens with zero attached hydrogens (tertiary/aromatic N) is 5. The zero-order valence-corrected chi connectivity index (χ0v) is 14.2. The van der Waals surface area contributed by atoms with Gasteiger partial charge in [0.1, 0.15) is 5.82 Å². The number of hydrogen-bond donors (Lipinski definition) is 0. The maximum absolute atomic E-state index is 10.7. The van der Waals surface area contributed by atoms with Gasteiger partial charge in [-0.15, -0.1) is 0 Å². The molecular formula is C15H19N5O3S. The minimum absolute atomic E-state index is 0.120. The second kappa shape index (κ2) is 7.54. The van der Waals surface area contributed by atoms with Crippen LogP contribution in [0.25, 0.3) is 0 Å². The van der Waals surface area contributed by atoms with Crippen molar-refractivity contribution in [1.29, 1.82) is 0 Å². The number of methoxy groups -OCH3 is 1. The van der Waals surface area contributed by atoms with Crippen molar-refractivity contribution >= 4 is 28.0 Å². The largest absolute Gasteiger partial charge is 0.384 e. The zero-order chi connectivity index (χ0) is 16.9. The molecule has 2 aromatic rings. The van der Waals surface area contributed by atoms with Gasteiger partial charge >= 0.3 is 0 Å². The molecule has 1 aliphatic heterocycles. The highest BCUT2D eigenvalue weighted by molar-refractivity contribution is 7.09. The number of hydrogen-bond acceptors (Lipinski definition) is 8. The summed E-state index contributed by atoms with van der Waals surface area (Å²) in [4.78, 5) is 19.4. The van der Waals surface area contributed by atoms with Crippen molar-refractivity contribution in [3.8, 4) is 0 Å². The van der Waals surface area contributed by atoms with Crippen LogP contribution < -0.4 is 9.80 Å². The molecule has 9 heteroatoms. The number of anilines is 2. The third-order valence-corrected chi connectivity index (χ3v) is 4.78. The molecule has 1 aromatic carbocycles. The third-order valence-electron chi connectivity index (χ3n) is 3.96. The monoisotopic (exact) mass is 349 g/mol. The summed E-state index contributed by atoms with van der Waals surface area (Å²) in [6, 6.07) is 6.71. The number of piperazine rings is 1. The summed E-state index contributed by atoms with van der Waals surface area (Å²) in [6.07, 6.45) is 0.732. The van der Waals surface area contributed by atoms with Crippen LogP contribution in [0.15, 0.2) is 24.3 Å². The smallest absolute Gasteiger partial charge is 0.269 e. The molecule has 0 amide bonds. The van der Waals surface area contributed by atoms with Gasteiger partial charge in [0.25, 0.3) is 5.69 Å². The average Bonchev–Trinajstić information content (AvgIpc) is 3.09. The van der Waals surface area contributed by atoms with Gasteiger partial charge < -0.3 is 14.5 Å². The molecule has 8 nitrogen and oxygen atoms in total. The lowest BCUT2D eigenvalue weighted by molar-refractivity contribution is -0.384. The summed E-state index contributed by atoms with van der Waals surface area (Å²) in [7, 11) is 1.67. The fourth-order valence-electron chi connectivity index (χ4n) is 2.61. The first-order chi connectivity index (χ1) is 11.7. The van der Waals surface area contributed by atoms with Gasteiger partial charge in [-0.3, -0.25) is 10.1 Å². The Hall–Kier alpha value is -2.26. The molecule has 2 heterocycles. The molecular weight excluding hydrogens is 330 g/mol. The van der Waals surface area contributed by atoms with Crippen molar-refractivity contribution in [3.63, 3.8) is 0 Å². The Labute approximate surface area is 144 Å². The van der Waals surface area contributed by atoms with Crippen molar-refractivity contribution in [2.24, 2.45) is 0 Å². The van der Waals surface area contributed by atoms with Crippen molar-refractivity contribution in [1.82, 2.24) is 9.36 Å². The Bertz CT molecular complexity index is 683. The van der Waals surface area contributed by atoms with Crippen molar-refractivity contribution in [2.75, 3.05) is 49.7 Å². The van der Waals surface area contributed by atoms with E-state index in [-0.39, 0.29) is 10.6 Å². The summed E-state index contributed by atoms with van der Waals surface area (Å²) < 4.78 is 9.41. The third kappa shape index (κ3) is 3.80. The van der Waals surface area contributed by atoms with E-state index in [9.17, 15) is 10.1 Å². The SMILES string of the molecule is COCCc1nsc(N2CCN(c3ccc([N+](=O)[O-])cc3)CC2)n1. The van der Waals surface area contributed by atoms with Gasteiger partial charge in [-0.1, -0.05) is 0 Å². The van der Waals surface area contributed by atoms with E-state index in [1.807, 2.05) is 12.1 Å². The first-order valence-electron chi connectivity index (χ1n) is 7.73. The average molecular weight is 349 g/mol. The number of rotatable bonds is 6. The van der Waals surface area contributed by atoms with Crippen LogP contribution in [-0.2, 0) is 11.2 Å². The molecule has 0 atom stereocenters. The fourth-order valence-corrected chi connectivity index (χ4v) is 3.37. The van der Waals surface area contributed by atoms with Crippen molar-refractivity contribution in [3.05, 3.63) is 40.2 Å². The van der Waals surface area contributed by atoms with E-state index in [1.54, 1.807) is 19.2 Å². The van der Waals surface area contributed by atoms with Gasteiger partial charge in [0.2, 0.25) is 5.13 Å². The summed E-state index contributed by atoms with van der Waals surface area (Å²) >= 11 is 1.42. The highest BCUT2D eigenvalue weighted by atomic mass is 32.1. The van der Waals surface area contributed by atoms with E-state index in [2.05, 4.69) is 19.2 Å². The topological polar surface area (TPSA) is 84.6 Å². The first-order valence-corrected chi connectivity index (χ1v) is 8.50. The van der Waals surface area contributed by atoms with E-state index >= 15 is 0 Å². The van der Waals surface area contributed by atoms with E-state index < -0.39 is 0 Å². The Kier molecular flexibility index (Phi) is 5.21. The molecule has 128 valence electrons. The summed E-state index contributed by atoms with van der Waals surface area (Å²) in [6.45, 7) is 4.05. The highest BCUT2D eigenvalue weighted by Crippen LogP contribution is 2.23. The first kappa shape index (κ1) is 16.6. The lowest BCUT2D eigenvalue weighted by Gasteiger charge is -2.35. The lowest BCUT2D eigenvalue weighted by Crippen LogP contribution is -2.46. The number of aromatic nitrogens is 2. The van der Waals surface area contributed by atoms with Crippen molar-refractivity contribution in [2.45, 2.75) is 6.42 Å². The number of nitro groups is 1. The van der Waals surface area contributed by atoms with Crippen LogP contribution >= 0.6 is 11.5 Å². The van der Waals surface area contributed by atoms with Crippen molar-refractivity contribution < 1.29 is 9.66 Å². The van der Waals surface area contributed by atoms with E-state index in [4.69, 9.17) is 4.74 Å². The van der Waals surface area contributed by atoms with Crippen LogP contribution in [-0.4, -0.2) is 54.2 Å². The zero-order valence-electron chi connectivity index (χ0n) is 13.4. The molecule has 1 saturated heterocycles. The van der Waals surface area contributed by atoms with Crippen LogP contribution in [0.4, 0.5) is 16.5 Å². The van der Waals surface area contributed by atoms with E-state index in [0.717, 1.165) is 49.2 Å². The van der Waals surface area contributed by atoms with Gasteiger partial charge in [0.05, 0.1) is 11.5 Å². The molecule has 24 heavy (non-hydrogen) atoms. The van der Waals surface area contributed by atoms with Gasteiger partial charge in [0.15, 0.2) is 0 Å². The van der Waals surface area contributed by atoms with Gasteiger partial charge in [-0.05, 0) is 12.1 Å². The molecule has 0 radical (unpaired) electrons. The Morgan fingerprint density at radius 3 is 2.50 bits per heavy atom. The van der Waals surface area contributed by atoms with Crippen LogP contribution in [0.2, 0.25) is 0 Å². The second-order valence-electron chi connectivity index (χ2n) is 5.48. The standard InChI is InChI=1S/C15H19N5O3S/c1-23-11-6-14-16-15(24-17-14)19-9-7-18(8-10-19)12-2-4-13(5-3-12)20(21)22/h2-5H,6-11H2,1H3. The molecule has 0 aliphatic carbocycles. The molecule has 0 bridgehead atoms. The predicted octanol–water partition coefficient (Wildman–Crippen LogP) is 1.96.